The van der Waals surface area contributed by atoms with Crippen LogP contribution in [0.4, 0.5) is 0 Å². The van der Waals surface area contributed by atoms with Gasteiger partial charge in [0.05, 0.1) is 48.5 Å². The van der Waals surface area contributed by atoms with Crippen LogP contribution in [0.1, 0.15) is 139 Å². The molecule has 22 atom stereocenters. The largest absolute Gasteiger partial charge is 0.508 e. The minimum absolute atomic E-state index is 0.0102. The predicted molar refractivity (Wildman–Crippen MR) is 396 cm³/mol. The summed E-state index contributed by atoms with van der Waals surface area (Å²) in [6, 6.07) is 2.05. The van der Waals surface area contributed by atoms with Crippen LogP contribution < -0.4 is 73.9 Å². The van der Waals surface area contributed by atoms with Crippen LogP contribution >= 0.6 is 11.6 Å². The molecule has 3 fully saturated rings. The first-order chi connectivity index (χ1) is 53.2. The Labute approximate surface area is 652 Å². The van der Waals surface area contributed by atoms with Crippen molar-refractivity contribution >= 4 is 58.9 Å². The third-order valence-corrected chi connectivity index (χ3v) is 20.8. The standard InChI is InChI=1S/C76H96ClN11O25/c1-29(2)18-42(81-9)67(99)87-57-59(94)35-13-17-46(41(77)20-35)109-48-22-36-21-47(63(48)113-74-64(61(96)60(95)49(28-89)110-74)112-52-27-76(8,80)66(98)32(6)107-52)108-38-14-10-33(11-15-38)62(111-51-26-75(7,79)65(97)31(5)106-51)58-73(105)86-56(71(103)82-30(3)4)40-23-37(90)24-45(92)53(40)39-19-34(12-16-44(39)91)54(69(101)88-58)85-70(102)55(36)84-68(100)43(25-50(78)93)83-72(57)104/h10-17,19-24,29-32,42-43,49,51-52,54-62,64-66,74,81,89-92,94-98H,18,25-28,79-80H2,1-9H3,(H2,78,93)(H,82,103)(H,83,104)(H,84,100)(H,85,102)(H,86,105)(H,87,99)(H,88,101)/t31-,32-,42?,43?,49+,51?,52?,54?,55?,56?,57?,58?,59?,60+,61-,62?,64+,65-,66-,74?,75-,76-/m0/s1. The highest BCUT2D eigenvalue weighted by atomic mass is 35.5. The molecule has 23 N–H and O–H groups in total. The van der Waals surface area contributed by atoms with Gasteiger partial charge >= 0.3 is 0 Å². The Morgan fingerprint density at radius 1 is 0.664 bits per heavy atom. The summed E-state index contributed by atoms with van der Waals surface area (Å²) < 4.78 is 52.0. The monoisotopic (exact) mass is 1600 g/mol. The second kappa shape index (κ2) is 34.2. The van der Waals surface area contributed by atoms with Crippen LogP contribution in [0.2, 0.25) is 5.02 Å². The molecule has 37 heteroatoms. The molecule has 8 aliphatic rings. The summed E-state index contributed by atoms with van der Waals surface area (Å²) in [7, 11) is 1.48. The number of aliphatic hydroxyl groups excluding tert-OH is 6. The maximum absolute atomic E-state index is 16.4. The summed E-state index contributed by atoms with van der Waals surface area (Å²) in [6.07, 6.45) is -22.1. The predicted octanol–water partition coefficient (Wildman–Crippen LogP) is 0.130. The summed E-state index contributed by atoms with van der Waals surface area (Å²) in [5.74, 6) is -14.0. The highest BCUT2D eigenvalue weighted by molar-refractivity contribution is 6.32. The van der Waals surface area contributed by atoms with Gasteiger partial charge in [-0.25, -0.2) is 0 Å². The number of carbonyl (C=O) groups is 8. The molecule has 8 heterocycles. The van der Waals surface area contributed by atoms with E-state index in [-0.39, 0.29) is 69.5 Å². The Morgan fingerprint density at radius 2 is 1.27 bits per heavy atom. The van der Waals surface area contributed by atoms with Crippen molar-refractivity contribution in [3.63, 3.8) is 0 Å². The lowest BCUT2D eigenvalue weighted by Crippen LogP contribution is -2.64. The first-order valence-corrected chi connectivity index (χ1v) is 37.1. The Bertz CT molecular complexity index is 4420. The van der Waals surface area contributed by atoms with Crippen LogP contribution in [-0.4, -0.2) is 216 Å². The number of phenols is 3. The lowest BCUT2D eigenvalue weighted by atomic mass is 9.86. The first-order valence-electron chi connectivity index (χ1n) is 36.7. The highest BCUT2D eigenvalue weighted by Gasteiger charge is 2.52. The van der Waals surface area contributed by atoms with E-state index in [1.165, 1.54) is 71.1 Å². The van der Waals surface area contributed by atoms with Gasteiger partial charge in [-0.1, -0.05) is 49.7 Å². The molecule has 0 aliphatic carbocycles. The molecule has 11 bridgehead atoms. The molecule has 12 unspecified atom stereocenters. The minimum Gasteiger partial charge on any atom is -0.508 e. The molecule has 0 saturated carbocycles. The fourth-order valence-electron chi connectivity index (χ4n) is 14.6. The van der Waals surface area contributed by atoms with Crippen molar-refractivity contribution in [1.82, 2.24) is 42.5 Å². The summed E-state index contributed by atoms with van der Waals surface area (Å²) in [4.78, 5) is 122. The zero-order valence-electron chi connectivity index (χ0n) is 63.0. The van der Waals surface area contributed by atoms with Gasteiger partial charge in [-0.2, -0.15) is 0 Å². The van der Waals surface area contributed by atoms with E-state index in [2.05, 4.69) is 42.5 Å². The van der Waals surface area contributed by atoms with Crippen LogP contribution in [0.3, 0.4) is 0 Å². The second-order valence-electron chi connectivity index (χ2n) is 30.5. The molecular formula is C76H96ClN11O25. The van der Waals surface area contributed by atoms with E-state index in [4.69, 9.17) is 66.7 Å². The van der Waals surface area contributed by atoms with Crippen molar-refractivity contribution in [2.75, 3.05) is 13.7 Å². The lowest BCUT2D eigenvalue weighted by molar-refractivity contribution is -0.333. The maximum atomic E-state index is 16.4. The number of ether oxygens (including phenoxy) is 8. The quantitative estimate of drug-likeness (QED) is 0.0624. The Balaban J connectivity index is 1.19. The van der Waals surface area contributed by atoms with Gasteiger partial charge in [0.1, 0.15) is 95.5 Å². The average molecular weight is 1600 g/mol. The summed E-state index contributed by atoms with van der Waals surface area (Å²) in [5.41, 5.74) is 14.3. The van der Waals surface area contributed by atoms with E-state index in [0.29, 0.717) is 0 Å². The Morgan fingerprint density at radius 3 is 1.87 bits per heavy atom. The van der Waals surface area contributed by atoms with E-state index < -0.39 is 245 Å². The van der Waals surface area contributed by atoms with Crippen molar-refractivity contribution in [1.29, 1.82) is 0 Å². The van der Waals surface area contributed by atoms with Gasteiger partial charge in [-0.3, -0.25) is 38.4 Å². The SMILES string of the molecule is CNC(CC(C)C)C(=O)NC1C(=O)NC(CC(N)=O)C(=O)NC2C(=O)NC3C(=O)NC(C(=O)NC(C(=O)NC(C)C)c4cc(O)cc(O)c4-c4cc3ccc4O)C(OC3C[C@](C)(N)[C@@H](O)[C@H](C)O3)c3ccc(cc3)Oc3cc2cc(c3OC2O[C@H](CO)[C@@H](O)[C@H](O)[C@H]2OC2C[C@](C)(N)[C@@H](O)[C@H](C)O2)Oc2ccc(cc2Cl)C1O. The van der Waals surface area contributed by atoms with Gasteiger partial charge in [0.25, 0.3) is 0 Å². The van der Waals surface area contributed by atoms with Crippen molar-refractivity contribution in [3.8, 4) is 57.1 Å². The number of rotatable bonds is 16. The number of carbonyl (C=O) groups excluding carboxylic acids is 8. The zero-order chi connectivity index (χ0) is 82.3. The lowest BCUT2D eigenvalue weighted by Gasteiger charge is -2.47. The Hall–Kier alpha value is -9.61. The number of fused-ring (bicyclic) bond motifs is 15. The summed E-state index contributed by atoms with van der Waals surface area (Å²) in [6.45, 7) is 12.0. The topological polar surface area (TPSA) is 567 Å². The van der Waals surface area contributed by atoms with Crippen LogP contribution in [0.15, 0.2) is 84.9 Å². The van der Waals surface area contributed by atoms with Crippen molar-refractivity contribution in [2.24, 2.45) is 23.1 Å². The van der Waals surface area contributed by atoms with E-state index in [1.54, 1.807) is 13.8 Å². The van der Waals surface area contributed by atoms with E-state index in [1.807, 2.05) is 13.8 Å². The van der Waals surface area contributed by atoms with Crippen LogP contribution in [0.25, 0.3) is 11.1 Å². The van der Waals surface area contributed by atoms with Crippen LogP contribution in [0.5, 0.6) is 46.0 Å². The van der Waals surface area contributed by atoms with Crippen LogP contribution in [0, 0.1) is 5.92 Å². The second-order valence-corrected chi connectivity index (χ2v) is 30.9. The minimum atomic E-state index is -2.33. The van der Waals surface area contributed by atoms with E-state index in [9.17, 15) is 60.3 Å². The molecule has 0 aromatic heterocycles. The zero-order valence-corrected chi connectivity index (χ0v) is 63.7. The number of hydrogen-bond donors (Lipinski definition) is 20. The number of hydrogen-bond acceptors (Lipinski definition) is 28. The van der Waals surface area contributed by atoms with Gasteiger partial charge in [0.15, 0.2) is 30.2 Å². The molecule has 13 rings (SSSR count). The molecule has 3 saturated heterocycles. The molecular weight excluding hydrogens is 1500 g/mol. The number of amides is 8. The molecule has 8 aliphatic heterocycles. The van der Waals surface area contributed by atoms with Crippen molar-refractivity contribution in [2.45, 2.75) is 220 Å². The molecule has 5 aromatic carbocycles. The average Bonchev–Trinajstić information content (AvgIpc) is 0.765. The number of nitrogens with two attached hydrogens (primary N) is 3. The van der Waals surface area contributed by atoms with E-state index >= 15 is 24.0 Å². The summed E-state index contributed by atoms with van der Waals surface area (Å²) >= 11 is 7.16. The molecule has 0 spiro atoms. The third kappa shape index (κ3) is 18.5. The molecule has 0 radical (unpaired) electrons. The molecule has 612 valence electrons. The third-order valence-electron chi connectivity index (χ3n) is 20.5. The fourth-order valence-corrected chi connectivity index (χ4v) is 14.8. The number of benzene rings is 5. The van der Waals surface area contributed by atoms with Crippen molar-refractivity contribution in [3.05, 3.63) is 118 Å². The Kier molecular flexibility index (Phi) is 25.5. The first kappa shape index (κ1) is 84.3. The number of phenolic OH excluding ortho intramolecular Hbond substituents is 3. The molecule has 8 amide bonds. The number of aliphatic hydroxyl groups is 6. The highest BCUT2D eigenvalue weighted by Crippen LogP contribution is 2.50. The van der Waals surface area contributed by atoms with Gasteiger partial charge in [0, 0.05) is 47.2 Å². The fraction of sp³-hybridized carbons (Fsp3) is 0.500. The summed E-state index contributed by atoms with van der Waals surface area (Å²) in [5, 5.41) is 125. The van der Waals surface area contributed by atoms with Crippen LogP contribution in [-0.2, 0) is 62.0 Å². The van der Waals surface area contributed by atoms with Gasteiger partial charge < -0.3 is 144 Å². The normalized spacial score (nSPS) is 31.7. The van der Waals surface area contributed by atoms with E-state index in [0.717, 1.165) is 48.5 Å². The van der Waals surface area contributed by atoms with Crippen molar-refractivity contribution < 1.29 is 122 Å². The molecule has 113 heavy (non-hydrogen) atoms. The molecule has 36 nitrogen and oxygen atoms in total. The van der Waals surface area contributed by atoms with Gasteiger partial charge in [-0.05, 0) is 143 Å². The number of primary amides is 1. The smallest absolute Gasteiger partial charge is 0.248 e. The van der Waals surface area contributed by atoms with Gasteiger partial charge in [0.2, 0.25) is 59.3 Å². The van der Waals surface area contributed by atoms with Gasteiger partial charge in [-0.15, -0.1) is 0 Å². The molecule has 5 aromatic rings. The maximum Gasteiger partial charge on any atom is 0.248 e. The number of aromatic hydroxyl groups is 3. The number of likely N-dealkylation sites (N-methyl/N-ethyl adjacent to an activating group) is 1. The number of halogens is 1. The number of nitrogens with one attached hydrogen (secondary N) is 8.